The third kappa shape index (κ3) is 4.56. The molecule has 0 aliphatic rings. The van der Waals surface area contributed by atoms with Crippen molar-refractivity contribution in [1.82, 2.24) is 0 Å². The van der Waals surface area contributed by atoms with E-state index in [1.54, 1.807) is 11.3 Å². The van der Waals surface area contributed by atoms with E-state index in [-0.39, 0.29) is 5.91 Å². The molecule has 0 bridgehead atoms. The van der Waals surface area contributed by atoms with Crippen LogP contribution in [0.25, 0.3) is 0 Å². The summed E-state index contributed by atoms with van der Waals surface area (Å²) in [6.45, 7) is 0.768. The van der Waals surface area contributed by atoms with E-state index in [1.807, 2.05) is 24.3 Å². The zero-order chi connectivity index (χ0) is 13.7. The number of primary amides is 1. The summed E-state index contributed by atoms with van der Waals surface area (Å²) >= 11 is 6.60. The number of anilines is 1. The normalized spacial score (nSPS) is 10.4. The molecule has 1 heterocycles. The number of thiophene rings is 1. The van der Waals surface area contributed by atoms with Gasteiger partial charge in [0, 0.05) is 31.9 Å². The Morgan fingerprint density at radius 3 is 2.89 bits per heavy atom. The number of benzene rings is 1. The summed E-state index contributed by atoms with van der Waals surface area (Å²) in [5.74, 6) is -0.00883. The van der Waals surface area contributed by atoms with Crippen molar-refractivity contribution < 1.29 is 4.79 Å². The number of nitrogens with one attached hydrogen (secondary N) is 1. The van der Waals surface area contributed by atoms with Gasteiger partial charge >= 0.3 is 0 Å². The second-order valence-electron chi connectivity index (χ2n) is 3.84. The second-order valence-corrected chi connectivity index (χ2v) is 6.76. The predicted octanol–water partition coefficient (Wildman–Crippen LogP) is 3.70. The van der Waals surface area contributed by atoms with Gasteiger partial charge in [-0.1, -0.05) is 12.1 Å². The lowest BCUT2D eigenvalue weighted by Crippen LogP contribution is -2.13. The van der Waals surface area contributed by atoms with Crippen LogP contribution < -0.4 is 11.1 Å². The van der Waals surface area contributed by atoms with Gasteiger partial charge in [-0.15, -0.1) is 23.1 Å². The molecule has 0 unspecified atom stereocenters. The zero-order valence-electron chi connectivity index (χ0n) is 10.1. The van der Waals surface area contributed by atoms with Crippen LogP contribution in [0.2, 0.25) is 0 Å². The summed E-state index contributed by atoms with van der Waals surface area (Å²) in [6.07, 6.45) is 0. The maximum atomic E-state index is 10.8. The highest BCUT2D eigenvalue weighted by Crippen LogP contribution is 2.28. The van der Waals surface area contributed by atoms with Crippen LogP contribution in [0.4, 0.5) is 5.69 Å². The van der Waals surface area contributed by atoms with E-state index in [0.717, 1.165) is 21.6 Å². The molecule has 100 valence electrons. The maximum Gasteiger partial charge on any atom is 0.227 e. The van der Waals surface area contributed by atoms with Crippen LogP contribution in [0.15, 0.2) is 45.1 Å². The van der Waals surface area contributed by atoms with Crippen LogP contribution in [0.3, 0.4) is 0 Å². The Bertz CT molecular complexity index is 571. The van der Waals surface area contributed by atoms with Gasteiger partial charge in [-0.05, 0) is 34.1 Å². The molecule has 0 atom stereocenters. The molecule has 0 fully saturated rings. The third-order valence-electron chi connectivity index (χ3n) is 2.33. The van der Waals surface area contributed by atoms with Gasteiger partial charge < -0.3 is 11.1 Å². The van der Waals surface area contributed by atoms with E-state index in [2.05, 4.69) is 32.7 Å². The van der Waals surface area contributed by atoms with Crippen molar-refractivity contribution in [3.8, 4) is 0 Å². The predicted molar refractivity (Wildman–Crippen MR) is 85.7 cm³/mol. The van der Waals surface area contributed by atoms with Crippen LogP contribution in [-0.4, -0.2) is 11.7 Å². The fourth-order valence-electron chi connectivity index (χ4n) is 1.52. The van der Waals surface area contributed by atoms with Crippen molar-refractivity contribution in [2.45, 2.75) is 11.4 Å². The van der Waals surface area contributed by atoms with Crippen LogP contribution in [0, 0.1) is 0 Å². The lowest BCUT2D eigenvalue weighted by molar-refractivity contribution is -0.115. The van der Waals surface area contributed by atoms with Crippen molar-refractivity contribution in [2.24, 2.45) is 5.73 Å². The summed E-state index contributed by atoms with van der Waals surface area (Å²) in [5.41, 5.74) is 6.20. The molecule has 3 N–H and O–H groups in total. The number of nitrogens with two attached hydrogens (primary N) is 1. The first-order chi connectivity index (χ1) is 9.15. The third-order valence-corrected chi connectivity index (χ3v) is 5.13. The van der Waals surface area contributed by atoms with Crippen LogP contribution >= 0.6 is 39.0 Å². The fraction of sp³-hybridized carbons (Fsp3) is 0.154. The molecule has 2 rings (SSSR count). The molecule has 0 saturated carbocycles. The van der Waals surface area contributed by atoms with Crippen molar-refractivity contribution in [1.29, 1.82) is 0 Å². The Kier molecular flexibility index (Phi) is 5.30. The molecule has 0 spiro atoms. The van der Waals surface area contributed by atoms with Gasteiger partial charge in [0.25, 0.3) is 0 Å². The van der Waals surface area contributed by atoms with E-state index in [1.165, 1.54) is 16.6 Å². The lowest BCUT2D eigenvalue weighted by Gasteiger charge is -2.10. The van der Waals surface area contributed by atoms with Crippen molar-refractivity contribution in [3.63, 3.8) is 0 Å². The molecule has 3 nitrogen and oxygen atoms in total. The molecule has 1 aromatic carbocycles. The van der Waals surface area contributed by atoms with E-state index < -0.39 is 0 Å². The lowest BCUT2D eigenvalue weighted by atomic mass is 10.3. The summed E-state index contributed by atoms with van der Waals surface area (Å²) in [4.78, 5) is 13.1. The SMILES string of the molecule is NC(=O)CSc1ccccc1NCc1cc(Br)cs1. The summed E-state index contributed by atoms with van der Waals surface area (Å²) in [5, 5.41) is 5.44. The molecule has 0 aliphatic heterocycles. The molecule has 1 amide bonds. The Morgan fingerprint density at radius 2 is 2.21 bits per heavy atom. The molecule has 0 saturated heterocycles. The monoisotopic (exact) mass is 356 g/mol. The Morgan fingerprint density at radius 1 is 1.42 bits per heavy atom. The number of rotatable bonds is 6. The highest BCUT2D eigenvalue weighted by Gasteiger charge is 2.05. The Labute approximate surface area is 128 Å². The minimum atomic E-state index is -0.304. The molecule has 1 aromatic heterocycles. The van der Waals surface area contributed by atoms with Crippen LogP contribution in [-0.2, 0) is 11.3 Å². The summed E-state index contributed by atoms with van der Waals surface area (Å²) < 4.78 is 1.10. The van der Waals surface area contributed by atoms with Crippen molar-refractivity contribution >= 4 is 50.6 Å². The number of hydrogen-bond acceptors (Lipinski definition) is 4. The summed E-state index contributed by atoms with van der Waals surface area (Å²) in [6, 6.07) is 10.0. The van der Waals surface area contributed by atoms with Crippen molar-refractivity contribution in [2.75, 3.05) is 11.1 Å². The first-order valence-electron chi connectivity index (χ1n) is 5.62. The average molecular weight is 357 g/mol. The molecule has 0 radical (unpaired) electrons. The molecular weight excluding hydrogens is 344 g/mol. The summed E-state index contributed by atoms with van der Waals surface area (Å²) in [7, 11) is 0. The Hall–Kier alpha value is -0.980. The van der Waals surface area contributed by atoms with Gasteiger partial charge in [-0.25, -0.2) is 0 Å². The topological polar surface area (TPSA) is 55.1 Å². The smallest absolute Gasteiger partial charge is 0.227 e. The average Bonchev–Trinajstić information content (AvgIpc) is 2.80. The number of halogens is 1. The largest absolute Gasteiger partial charge is 0.379 e. The van der Waals surface area contributed by atoms with Gasteiger partial charge in [0.15, 0.2) is 0 Å². The first kappa shape index (κ1) is 14.4. The second kappa shape index (κ2) is 6.98. The highest BCUT2D eigenvalue weighted by molar-refractivity contribution is 9.10. The van der Waals surface area contributed by atoms with Gasteiger partial charge in [0.1, 0.15) is 0 Å². The van der Waals surface area contributed by atoms with E-state index in [0.29, 0.717) is 5.75 Å². The number of thioether (sulfide) groups is 1. The minimum Gasteiger partial charge on any atom is -0.379 e. The molecule has 0 aliphatic carbocycles. The van der Waals surface area contributed by atoms with Gasteiger partial charge in [-0.3, -0.25) is 4.79 Å². The Balaban J connectivity index is 2.01. The molecule has 6 heteroatoms. The number of hydrogen-bond donors (Lipinski definition) is 2. The molecule has 2 aromatic rings. The molecule has 19 heavy (non-hydrogen) atoms. The van der Waals surface area contributed by atoms with E-state index >= 15 is 0 Å². The number of carbonyl (C=O) groups excluding carboxylic acids is 1. The van der Waals surface area contributed by atoms with E-state index in [9.17, 15) is 4.79 Å². The quantitative estimate of drug-likeness (QED) is 0.775. The fourth-order valence-corrected chi connectivity index (χ4v) is 3.68. The van der Waals surface area contributed by atoms with Crippen LogP contribution in [0.1, 0.15) is 4.88 Å². The van der Waals surface area contributed by atoms with Crippen molar-refractivity contribution in [3.05, 3.63) is 45.1 Å². The minimum absolute atomic E-state index is 0.295. The highest BCUT2D eigenvalue weighted by atomic mass is 79.9. The zero-order valence-corrected chi connectivity index (χ0v) is 13.3. The number of carbonyl (C=O) groups is 1. The van der Waals surface area contributed by atoms with E-state index in [4.69, 9.17) is 5.73 Å². The number of amides is 1. The molecular formula is C13H13BrN2OS2. The van der Waals surface area contributed by atoms with Gasteiger partial charge in [0.2, 0.25) is 5.91 Å². The maximum absolute atomic E-state index is 10.8. The first-order valence-corrected chi connectivity index (χ1v) is 8.28. The number of para-hydroxylation sites is 1. The van der Waals surface area contributed by atoms with Crippen LogP contribution in [0.5, 0.6) is 0 Å². The van der Waals surface area contributed by atoms with Gasteiger partial charge in [0.05, 0.1) is 5.75 Å². The standard InChI is InChI=1S/C13H13BrN2OS2/c14-9-5-10(18-7-9)6-16-11-3-1-2-4-12(11)19-8-13(15)17/h1-5,7,16H,6,8H2,(H2,15,17). The van der Waals surface area contributed by atoms with Gasteiger partial charge in [-0.2, -0.15) is 0 Å².